The molecule has 1 aliphatic heterocycles. The molecule has 1 atom stereocenters. The summed E-state index contributed by atoms with van der Waals surface area (Å²) in [5.41, 5.74) is -0.338. The van der Waals surface area contributed by atoms with Crippen LogP contribution in [-0.4, -0.2) is 30.1 Å². The molecule has 1 saturated heterocycles. The molecule has 0 amide bonds. The molecule has 1 heterocycles. The number of piperidine rings is 1. The minimum atomic E-state index is -4.42. The van der Waals surface area contributed by atoms with Crippen molar-refractivity contribution in [2.75, 3.05) is 20.1 Å². The topological polar surface area (TPSA) is 23.5 Å². The molecule has 1 N–H and O–H groups in total. The molecule has 0 radical (unpaired) electrons. The lowest BCUT2D eigenvalue weighted by Gasteiger charge is -2.47. The number of benzene rings is 2. The predicted octanol–water partition coefficient (Wildman–Crippen LogP) is 5.62. The van der Waals surface area contributed by atoms with Gasteiger partial charge in [-0.3, -0.25) is 0 Å². The number of hydrogen-bond acceptors (Lipinski definition) is 2. The summed E-state index contributed by atoms with van der Waals surface area (Å²) in [6.45, 7) is 5.62. The first kappa shape index (κ1) is 21.3. The highest BCUT2D eigenvalue weighted by molar-refractivity contribution is 5.72. The van der Waals surface area contributed by atoms with Gasteiger partial charge in [0.2, 0.25) is 0 Å². The molecule has 2 aromatic rings. The molecule has 0 bridgehead atoms. The molecule has 0 saturated carbocycles. The first-order valence-corrected chi connectivity index (χ1v) is 10.4. The molecule has 1 aliphatic carbocycles. The maximum absolute atomic E-state index is 14.9. The van der Waals surface area contributed by atoms with Crippen LogP contribution in [0.5, 0.6) is 0 Å². The highest BCUT2D eigenvalue weighted by Crippen LogP contribution is 2.58. The third-order valence-electron chi connectivity index (χ3n) is 7.12. The number of halogens is 4. The van der Waals surface area contributed by atoms with E-state index in [1.165, 1.54) is 18.2 Å². The number of aliphatic hydroxyl groups is 1. The van der Waals surface area contributed by atoms with Crippen LogP contribution in [0, 0.1) is 17.2 Å². The van der Waals surface area contributed by atoms with Gasteiger partial charge in [0.1, 0.15) is 5.82 Å². The van der Waals surface area contributed by atoms with Gasteiger partial charge in [-0.25, -0.2) is 4.39 Å². The van der Waals surface area contributed by atoms with Crippen molar-refractivity contribution in [2.45, 2.75) is 44.9 Å². The van der Waals surface area contributed by atoms with Gasteiger partial charge < -0.3 is 10.0 Å². The summed E-state index contributed by atoms with van der Waals surface area (Å²) >= 11 is 0. The Morgan fingerprint density at radius 2 is 1.60 bits per heavy atom. The van der Waals surface area contributed by atoms with Crippen LogP contribution in [0.3, 0.4) is 0 Å². The van der Waals surface area contributed by atoms with Crippen molar-refractivity contribution in [3.63, 3.8) is 0 Å². The summed E-state index contributed by atoms with van der Waals surface area (Å²) in [5.74, 6) is -0.405. The predicted molar refractivity (Wildman–Crippen MR) is 108 cm³/mol. The summed E-state index contributed by atoms with van der Waals surface area (Å²) in [6, 6.07) is 7.87. The second kappa shape index (κ2) is 7.06. The van der Waals surface area contributed by atoms with E-state index in [4.69, 9.17) is 0 Å². The molecule has 1 fully saturated rings. The Morgan fingerprint density at radius 1 is 1.00 bits per heavy atom. The first-order valence-electron chi connectivity index (χ1n) is 10.4. The van der Waals surface area contributed by atoms with Gasteiger partial charge in [0.15, 0.2) is 0 Å². The molecule has 2 aliphatic rings. The Morgan fingerprint density at radius 3 is 2.17 bits per heavy atom. The molecule has 0 aromatic heterocycles. The van der Waals surface area contributed by atoms with Crippen LogP contribution in [0.25, 0.3) is 11.1 Å². The summed E-state index contributed by atoms with van der Waals surface area (Å²) in [6.07, 6.45) is -2.44. The Bertz CT molecular complexity index is 943. The molecular weight excluding hydrogens is 394 g/mol. The Kier molecular flexibility index (Phi) is 5.02. The van der Waals surface area contributed by atoms with Gasteiger partial charge in [-0.15, -0.1) is 0 Å². The van der Waals surface area contributed by atoms with Crippen molar-refractivity contribution in [1.29, 1.82) is 0 Å². The number of hydrogen-bond donors (Lipinski definition) is 1. The monoisotopic (exact) mass is 421 g/mol. The van der Waals surface area contributed by atoms with E-state index in [0.29, 0.717) is 28.7 Å². The number of nitrogens with zero attached hydrogens (tertiary/aromatic N) is 1. The van der Waals surface area contributed by atoms with Crippen LogP contribution in [0.2, 0.25) is 0 Å². The highest BCUT2D eigenvalue weighted by atomic mass is 19.4. The van der Waals surface area contributed by atoms with Gasteiger partial charge in [0, 0.05) is 5.41 Å². The van der Waals surface area contributed by atoms with E-state index in [-0.39, 0.29) is 11.7 Å². The highest BCUT2D eigenvalue weighted by Gasteiger charge is 2.57. The Labute approximate surface area is 174 Å². The molecule has 162 valence electrons. The minimum absolute atomic E-state index is 0.0417. The van der Waals surface area contributed by atoms with Gasteiger partial charge >= 0.3 is 6.18 Å². The van der Waals surface area contributed by atoms with E-state index in [0.717, 1.165) is 38.1 Å². The minimum Gasteiger partial charge on any atom is -0.384 e. The largest absolute Gasteiger partial charge is 0.416 e. The molecule has 2 nitrogen and oxygen atoms in total. The first-order chi connectivity index (χ1) is 13.9. The maximum Gasteiger partial charge on any atom is 0.416 e. The van der Waals surface area contributed by atoms with E-state index in [2.05, 4.69) is 4.90 Å². The third kappa shape index (κ3) is 3.25. The van der Waals surface area contributed by atoms with Gasteiger partial charge in [-0.05, 0) is 85.8 Å². The van der Waals surface area contributed by atoms with Crippen molar-refractivity contribution in [3.05, 3.63) is 58.9 Å². The van der Waals surface area contributed by atoms with E-state index in [1.807, 2.05) is 20.9 Å². The summed E-state index contributed by atoms with van der Waals surface area (Å²) in [7, 11) is 2.04. The zero-order valence-electron chi connectivity index (χ0n) is 17.5. The molecule has 4 rings (SSSR count). The maximum atomic E-state index is 14.9. The lowest BCUT2D eigenvalue weighted by molar-refractivity contribution is -0.137. The van der Waals surface area contributed by atoms with E-state index < -0.39 is 22.8 Å². The fourth-order valence-corrected chi connectivity index (χ4v) is 5.41. The fourth-order valence-electron chi connectivity index (χ4n) is 5.41. The summed E-state index contributed by atoms with van der Waals surface area (Å²) < 4.78 is 53.9. The smallest absolute Gasteiger partial charge is 0.384 e. The molecular formula is C24H27F4NO. The number of likely N-dealkylation sites (tertiary alicyclic amines) is 1. The quantitative estimate of drug-likeness (QED) is 0.636. The number of alkyl halides is 3. The Hall–Kier alpha value is -1.92. The molecule has 6 heteroatoms. The standard InChI is InChI=1S/C24H27F4NO/c1-22(2)14-19-20(25)9-8-18(15-4-6-17(7-5-15)24(26,27)28)21(19)23(22,30)16-10-12-29(3)13-11-16/h4-9,16,30H,10-14H2,1-3H3. The zero-order valence-corrected chi connectivity index (χ0v) is 17.5. The molecule has 0 spiro atoms. The Balaban J connectivity index is 1.86. The summed E-state index contributed by atoms with van der Waals surface area (Å²) in [4.78, 5) is 2.21. The SMILES string of the molecule is CN1CCC(C2(O)c3c(-c4ccc(C(F)(F)F)cc4)ccc(F)c3CC2(C)C)CC1. The lowest BCUT2D eigenvalue weighted by Crippen LogP contribution is -2.49. The van der Waals surface area contributed by atoms with Crippen LogP contribution < -0.4 is 0 Å². The molecule has 30 heavy (non-hydrogen) atoms. The van der Waals surface area contributed by atoms with Crippen LogP contribution in [0.4, 0.5) is 17.6 Å². The van der Waals surface area contributed by atoms with Crippen molar-refractivity contribution in [1.82, 2.24) is 4.90 Å². The fraction of sp³-hybridized carbons (Fsp3) is 0.500. The third-order valence-corrected chi connectivity index (χ3v) is 7.12. The molecule has 2 aromatic carbocycles. The summed E-state index contributed by atoms with van der Waals surface area (Å²) in [5, 5.41) is 12.2. The average Bonchev–Trinajstić information content (AvgIpc) is 2.90. The number of fused-ring (bicyclic) bond motifs is 1. The normalized spacial score (nSPS) is 24.8. The second-order valence-corrected chi connectivity index (χ2v) is 9.43. The van der Waals surface area contributed by atoms with Crippen LogP contribution >= 0.6 is 0 Å². The average molecular weight is 421 g/mol. The van der Waals surface area contributed by atoms with Crippen molar-refractivity contribution < 1.29 is 22.7 Å². The van der Waals surface area contributed by atoms with Gasteiger partial charge in [-0.1, -0.05) is 32.0 Å². The van der Waals surface area contributed by atoms with Crippen molar-refractivity contribution in [2.24, 2.45) is 11.3 Å². The van der Waals surface area contributed by atoms with Crippen LogP contribution in [0.15, 0.2) is 36.4 Å². The number of rotatable bonds is 2. The van der Waals surface area contributed by atoms with E-state index in [1.54, 1.807) is 6.07 Å². The van der Waals surface area contributed by atoms with Gasteiger partial charge in [0.25, 0.3) is 0 Å². The molecule has 1 unspecified atom stereocenters. The zero-order chi connectivity index (χ0) is 21.9. The lowest BCUT2D eigenvalue weighted by atomic mass is 9.64. The van der Waals surface area contributed by atoms with E-state index in [9.17, 15) is 22.7 Å². The van der Waals surface area contributed by atoms with E-state index >= 15 is 0 Å². The van der Waals surface area contributed by atoms with Crippen LogP contribution in [-0.2, 0) is 18.2 Å². The van der Waals surface area contributed by atoms with Crippen LogP contribution in [0.1, 0.15) is 43.4 Å². The van der Waals surface area contributed by atoms with Gasteiger partial charge in [0.05, 0.1) is 11.2 Å². The second-order valence-electron chi connectivity index (χ2n) is 9.43. The van der Waals surface area contributed by atoms with Crippen molar-refractivity contribution >= 4 is 0 Å². The van der Waals surface area contributed by atoms with Crippen molar-refractivity contribution in [3.8, 4) is 11.1 Å². The van der Waals surface area contributed by atoms with Gasteiger partial charge in [-0.2, -0.15) is 13.2 Å².